The van der Waals surface area contributed by atoms with E-state index in [1.54, 1.807) is 0 Å². The molecule has 0 bridgehead atoms. The van der Waals surface area contributed by atoms with Gasteiger partial charge in [-0.15, -0.1) is 0 Å². The van der Waals surface area contributed by atoms with E-state index >= 15 is 0 Å². The zero-order valence-corrected chi connectivity index (χ0v) is 15.0. The van der Waals surface area contributed by atoms with E-state index in [1.165, 1.54) is 13.0 Å². The average Bonchev–Trinajstić information content (AvgIpc) is 2.52. The van der Waals surface area contributed by atoms with Crippen LogP contribution in [0, 0.1) is 17.1 Å². The maximum absolute atomic E-state index is 14.1. The Labute approximate surface area is 142 Å². The Hall–Kier alpha value is -1.11. The topological polar surface area (TPSA) is 92.1 Å². The average molecular weight is 407 g/mol. The zero-order chi connectivity index (χ0) is 17.3. The van der Waals surface area contributed by atoms with E-state index in [0.29, 0.717) is 19.4 Å². The number of pyridine rings is 1. The Morgan fingerprint density at radius 3 is 2.91 bits per heavy atom. The van der Waals surface area contributed by atoms with E-state index in [-0.39, 0.29) is 10.3 Å². The number of alkyl halides is 1. The summed E-state index contributed by atoms with van der Waals surface area (Å²) in [5.41, 5.74) is 3.80. The van der Waals surface area contributed by atoms with Crippen molar-refractivity contribution < 1.29 is 13.0 Å². The summed E-state index contributed by atoms with van der Waals surface area (Å²) in [6, 6.07) is 4.50. The first-order valence-electron chi connectivity index (χ1n) is 6.98. The van der Waals surface area contributed by atoms with Crippen LogP contribution in [-0.4, -0.2) is 32.9 Å². The molecule has 0 amide bonds. The SMILES string of the molecule is C[C@@]1(C#N)CCCN=[S@@]1(=O)C[C@@](N)(CF)c1nc(Br)ccc1F. The summed E-state index contributed by atoms with van der Waals surface area (Å²) < 4.78 is 44.2. The number of hydrogen-bond donors (Lipinski definition) is 1. The highest BCUT2D eigenvalue weighted by molar-refractivity contribution is 9.10. The Morgan fingerprint density at radius 1 is 1.61 bits per heavy atom. The van der Waals surface area contributed by atoms with Crippen LogP contribution >= 0.6 is 15.9 Å². The maximum Gasteiger partial charge on any atom is 0.146 e. The summed E-state index contributed by atoms with van der Waals surface area (Å²) >= 11 is 3.09. The molecular formula is C14H17BrF2N4OS. The predicted octanol–water partition coefficient (Wildman–Crippen LogP) is 2.65. The molecule has 0 aliphatic carbocycles. The first-order valence-corrected chi connectivity index (χ1v) is 9.46. The molecule has 1 aliphatic rings. The molecule has 0 fully saturated rings. The summed E-state index contributed by atoms with van der Waals surface area (Å²) in [5.74, 6) is -1.24. The van der Waals surface area contributed by atoms with Gasteiger partial charge >= 0.3 is 0 Å². The highest BCUT2D eigenvalue weighted by atomic mass is 79.9. The minimum absolute atomic E-state index is 0.288. The van der Waals surface area contributed by atoms with Crippen molar-refractivity contribution in [1.29, 1.82) is 5.26 Å². The van der Waals surface area contributed by atoms with E-state index in [0.717, 1.165) is 6.07 Å². The number of rotatable bonds is 4. The van der Waals surface area contributed by atoms with E-state index in [9.17, 15) is 18.3 Å². The Morgan fingerprint density at radius 2 is 2.30 bits per heavy atom. The molecule has 1 aromatic rings. The third-order valence-corrected chi connectivity index (χ3v) is 7.68. The van der Waals surface area contributed by atoms with Gasteiger partial charge in [0.25, 0.3) is 0 Å². The van der Waals surface area contributed by atoms with E-state index in [2.05, 4.69) is 25.3 Å². The van der Waals surface area contributed by atoms with Crippen LogP contribution in [0.4, 0.5) is 8.78 Å². The van der Waals surface area contributed by atoms with Gasteiger partial charge in [-0.1, -0.05) is 0 Å². The second-order valence-corrected chi connectivity index (χ2v) is 9.38. The van der Waals surface area contributed by atoms with Crippen molar-refractivity contribution in [2.24, 2.45) is 10.1 Å². The van der Waals surface area contributed by atoms with Crippen molar-refractivity contribution in [3.05, 3.63) is 28.2 Å². The van der Waals surface area contributed by atoms with Crippen molar-refractivity contribution in [2.45, 2.75) is 30.1 Å². The highest BCUT2D eigenvalue weighted by Gasteiger charge is 2.46. The lowest BCUT2D eigenvalue weighted by molar-refractivity contribution is 0.319. The molecule has 0 unspecified atom stereocenters. The van der Waals surface area contributed by atoms with Gasteiger partial charge in [0.15, 0.2) is 0 Å². The third kappa shape index (κ3) is 3.25. The van der Waals surface area contributed by atoms with Crippen molar-refractivity contribution in [1.82, 2.24) is 4.98 Å². The third-order valence-electron chi connectivity index (χ3n) is 4.03. The molecule has 0 saturated heterocycles. The van der Waals surface area contributed by atoms with Crippen molar-refractivity contribution in [3.63, 3.8) is 0 Å². The standard InChI is InChI=1S/C14H17BrF2N4OS/c1-13(8-18)5-2-6-20-23(13,22)9-14(19,7-16)12-10(17)3-4-11(15)21-12/h3-4H,2,5-7,9,19H2,1H3/t13-,14-,23+/m0/s1. The fraction of sp³-hybridized carbons (Fsp3) is 0.571. The predicted molar refractivity (Wildman–Crippen MR) is 87.3 cm³/mol. The summed E-state index contributed by atoms with van der Waals surface area (Å²) in [7, 11) is -3.15. The monoisotopic (exact) mass is 406 g/mol. The van der Waals surface area contributed by atoms with Crippen LogP contribution in [0.3, 0.4) is 0 Å². The Bertz CT molecular complexity index is 775. The minimum Gasteiger partial charge on any atom is -0.317 e. The minimum atomic E-state index is -3.15. The maximum atomic E-state index is 14.1. The van der Waals surface area contributed by atoms with Gasteiger partial charge in [-0.25, -0.2) is 22.3 Å². The Kier molecular flexibility index (Phi) is 5.09. The van der Waals surface area contributed by atoms with Crippen molar-refractivity contribution in [2.75, 3.05) is 19.0 Å². The van der Waals surface area contributed by atoms with Gasteiger partial charge < -0.3 is 5.73 Å². The van der Waals surface area contributed by atoms with Crippen LogP contribution in [0.2, 0.25) is 0 Å². The van der Waals surface area contributed by atoms with Gasteiger partial charge in [0, 0.05) is 6.54 Å². The molecule has 1 aromatic heterocycles. The molecule has 0 saturated carbocycles. The number of aromatic nitrogens is 1. The normalized spacial score (nSPS) is 30.1. The molecule has 0 spiro atoms. The molecule has 2 rings (SSSR count). The van der Waals surface area contributed by atoms with Gasteiger partial charge in [0.05, 0.1) is 21.6 Å². The quantitative estimate of drug-likeness (QED) is 0.777. The lowest BCUT2D eigenvalue weighted by Crippen LogP contribution is -2.52. The van der Waals surface area contributed by atoms with Gasteiger partial charge in [0.2, 0.25) is 0 Å². The lowest BCUT2D eigenvalue weighted by atomic mass is 10.00. The highest BCUT2D eigenvalue weighted by Crippen LogP contribution is 2.34. The molecule has 23 heavy (non-hydrogen) atoms. The van der Waals surface area contributed by atoms with Crippen LogP contribution in [0.1, 0.15) is 25.5 Å². The first kappa shape index (κ1) is 18.2. The largest absolute Gasteiger partial charge is 0.317 e. The van der Waals surface area contributed by atoms with Gasteiger partial charge in [-0.05, 0) is 47.8 Å². The second kappa shape index (κ2) is 6.42. The van der Waals surface area contributed by atoms with Gasteiger partial charge in [-0.3, -0.25) is 0 Å². The summed E-state index contributed by atoms with van der Waals surface area (Å²) in [6.07, 6.45) is 1.00. The molecule has 126 valence electrons. The fourth-order valence-corrected chi connectivity index (χ4v) is 5.50. The van der Waals surface area contributed by atoms with Crippen molar-refractivity contribution in [3.8, 4) is 6.07 Å². The summed E-state index contributed by atoms with van der Waals surface area (Å²) in [4.78, 5) is 3.91. The van der Waals surface area contributed by atoms with Gasteiger partial charge in [0.1, 0.15) is 33.1 Å². The zero-order valence-electron chi connectivity index (χ0n) is 12.6. The number of nitrogens with two attached hydrogens (primary N) is 1. The number of nitrogens with zero attached hydrogens (tertiary/aromatic N) is 3. The van der Waals surface area contributed by atoms with E-state index in [4.69, 9.17) is 5.73 Å². The summed E-state index contributed by atoms with van der Waals surface area (Å²) in [6.45, 7) is 0.676. The second-order valence-electron chi connectivity index (χ2n) is 5.84. The van der Waals surface area contributed by atoms with Crippen molar-refractivity contribution >= 4 is 25.7 Å². The first-order chi connectivity index (χ1) is 10.7. The van der Waals surface area contributed by atoms with Crippen LogP contribution < -0.4 is 5.73 Å². The molecule has 1 aliphatic heterocycles. The number of nitriles is 1. The van der Waals surface area contributed by atoms with E-state index in [1.807, 2.05) is 6.07 Å². The number of hydrogen-bond acceptors (Lipinski definition) is 5. The molecule has 2 heterocycles. The van der Waals surface area contributed by atoms with Crippen LogP contribution in [-0.2, 0) is 15.3 Å². The Balaban J connectivity index is 2.54. The molecule has 5 nitrogen and oxygen atoms in total. The number of halogens is 3. The van der Waals surface area contributed by atoms with Crippen LogP contribution in [0.25, 0.3) is 0 Å². The lowest BCUT2D eigenvalue weighted by Gasteiger charge is -2.35. The molecule has 2 N–H and O–H groups in total. The molecule has 0 aromatic carbocycles. The van der Waals surface area contributed by atoms with Crippen LogP contribution in [0.5, 0.6) is 0 Å². The molecule has 9 heteroatoms. The molecule has 0 radical (unpaired) electrons. The molecule has 3 atom stereocenters. The summed E-state index contributed by atoms with van der Waals surface area (Å²) in [5, 5.41) is 9.40. The molecular weight excluding hydrogens is 390 g/mol. The fourth-order valence-electron chi connectivity index (χ4n) is 2.55. The smallest absolute Gasteiger partial charge is 0.146 e. The van der Waals surface area contributed by atoms with Gasteiger partial charge in [-0.2, -0.15) is 5.26 Å². The van der Waals surface area contributed by atoms with Crippen LogP contribution in [0.15, 0.2) is 21.1 Å². The van der Waals surface area contributed by atoms with E-state index < -0.39 is 38.3 Å².